The monoisotopic (exact) mass is 226 g/mol. The van der Waals surface area contributed by atoms with E-state index in [1.54, 1.807) is 0 Å². The first-order chi connectivity index (χ1) is 7.66. The maximum absolute atomic E-state index is 6.32. The summed E-state index contributed by atoms with van der Waals surface area (Å²) < 4.78 is 5.39. The summed E-state index contributed by atoms with van der Waals surface area (Å²) in [5, 5.41) is 0. The minimum atomic E-state index is 0.404. The first-order valence-corrected chi connectivity index (χ1v) is 6.72. The maximum atomic E-state index is 6.32. The minimum absolute atomic E-state index is 0.404. The van der Waals surface area contributed by atoms with Crippen LogP contribution in [-0.2, 0) is 4.74 Å². The number of morpholine rings is 1. The number of ether oxygens (including phenoxy) is 1. The molecule has 2 N–H and O–H groups in total. The van der Waals surface area contributed by atoms with E-state index < -0.39 is 0 Å². The third-order valence-electron chi connectivity index (χ3n) is 4.30. The Hall–Kier alpha value is -0.120. The molecule has 0 aromatic rings. The summed E-state index contributed by atoms with van der Waals surface area (Å²) in [5.74, 6) is 2.28. The molecule has 4 unspecified atom stereocenters. The molecule has 1 aliphatic carbocycles. The maximum Gasteiger partial charge on any atom is 0.0594 e. The van der Waals surface area contributed by atoms with Crippen LogP contribution in [0.2, 0.25) is 0 Å². The Bertz CT molecular complexity index is 204. The van der Waals surface area contributed by atoms with Crippen LogP contribution in [0, 0.1) is 17.8 Å². The van der Waals surface area contributed by atoms with Gasteiger partial charge in [-0.3, -0.25) is 4.90 Å². The first kappa shape index (κ1) is 12.3. The van der Waals surface area contributed by atoms with Crippen molar-refractivity contribution in [1.29, 1.82) is 0 Å². The van der Waals surface area contributed by atoms with Gasteiger partial charge in [0.2, 0.25) is 0 Å². The van der Waals surface area contributed by atoms with Crippen molar-refractivity contribution < 1.29 is 4.74 Å². The molecule has 2 aliphatic rings. The molecule has 1 saturated carbocycles. The van der Waals surface area contributed by atoms with Crippen molar-refractivity contribution in [3.05, 3.63) is 0 Å². The molecule has 0 bridgehead atoms. The van der Waals surface area contributed by atoms with Crippen molar-refractivity contribution in [1.82, 2.24) is 4.90 Å². The van der Waals surface area contributed by atoms with Gasteiger partial charge in [-0.2, -0.15) is 0 Å². The van der Waals surface area contributed by atoms with E-state index in [9.17, 15) is 0 Å². The van der Waals surface area contributed by atoms with Crippen molar-refractivity contribution in [3.63, 3.8) is 0 Å². The fraction of sp³-hybridized carbons (Fsp3) is 1.00. The Morgan fingerprint density at radius 2 is 1.88 bits per heavy atom. The molecule has 2 rings (SSSR count). The van der Waals surface area contributed by atoms with E-state index in [0.717, 1.165) is 38.1 Å². The molecule has 1 saturated heterocycles. The summed E-state index contributed by atoms with van der Waals surface area (Å²) >= 11 is 0. The zero-order chi connectivity index (χ0) is 11.5. The Morgan fingerprint density at radius 3 is 2.50 bits per heavy atom. The molecule has 4 atom stereocenters. The molecule has 0 aromatic heterocycles. The van der Waals surface area contributed by atoms with Gasteiger partial charge in [0, 0.05) is 25.7 Å². The summed E-state index contributed by atoms with van der Waals surface area (Å²) in [4.78, 5) is 2.53. The summed E-state index contributed by atoms with van der Waals surface area (Å²) in [6.45, 7) is 9.86. The van der Waals surface area contributed by atoms with E-state index in [1.165, 1.54) is 19.4 Å². The fourth-order valence-electron chi connectivity index (χ4n) is 3.36. The van der Waals surface area contributed by atoms with Crippen LogP contribution in [-0.4, -0.2) is 43.8 Å². The van der Waals surface area contributed by atoms with E-state index in [-0.39, 0.29) is 0 Å². The average molecular weight is 226 g/mol. The predicted molar refractivity (Wildman–Crippen MR) is 66.3 cm³/mol. The van der Waals surface area contributed by atoms with Gasteiger partial charge in [-0.1, -0.05) is 13.8 Å². The van der Waals surface area contributed by atoms with Crippen LogP contribution in [0.4, 0.5) is 0 Å². The van der Waals surface area contributed by atoms with Crippen molar-refractivity contribution in [2.75, 3.05) is 32.8 Å². The van der Waals surface area contributed by atoms with Gasteiger partial charge in [0.15, 0.2) is 0 Å². The van der Waals surface area contributed by atoms with E-state index in [1.807, 2.05) is 0 Å². The van der Waals surface area contributed by atoms with Gasteiger partial charge in [0.05, 0.1) is 13.2 Å². The molecule has 0 radical (unpaired) electrons. The third kappa shape index (κ3) is 2.96. The summed E-state index contributed by atoms with van der Waals surface area (Å²) in [6, 6.07) is 0.404. The van der Waals surface area contributed by atoms with Crippen LogP contribution in [0.15, 0.2) is 0 Å². The van der Waals surface area contributed by atoms with Gasteiger partial charge < -0.3 is 10.5 Å². The first-order valence-electron chi connectivity index (χ1n) is 6.72. The molecule has 1 heterocycles. The molecule has 2 fully saturated rings. The van der Waals surface area contributed by atoms with Crippen LogP contribution in [0.5, 0.6) is 0 Å². The molecule has 3 heteroatoms. The van der Waals surface area contributed by atoms with Crippen molar-refractivity contribution in [2.24, 2.45) is 23.5 Å². The standard InChI is InChI=1S/C13H26N2O/c1-10-7-11(2)12(13(14)8-10)9-15-3-5-16-6-4-15/h10-13H,3-9,14H2,1-2H3. The van der Waals surface area contributed by atoms with Gasteiger partial charge >= 0.3 is 0 Å². The molecule has 0 aromatic carbocycles. The second kappa shape index (κ2) is 5.48. The van der Waals surface area contributed by atoms with E-state index >= 15 is 0 Å². The molecule has 16 heavy (non-hydrogen) atoms. The Labute approximate surface area is 99.3 Å². The van der Waals surface area contributed by atoms with Gasteiger partial charge in [-0.05, 0) is 30.6 Å². The molecular weight excluding hydrogens is 200 g/mol. The lowest BCUT2D eigenvalue weighted by molar-refractivity contribution is 0.0168. The van der Waals surface area contributed by atoms with Crippen LogP contribution in [0.3, 0.4) is 0 Å². The van der Waals surface area contributed by atoms with Crippen LogP contribution < -0.4 is 5.73 Å². The smallest absolute Gasteiger partial charge is 0.0594 e. The zero-order valence-electron chi connectivity index (χ0n) is 10.7. The van der Waals surface area contributed by atoms with Gasteiger partial charge in [-0.15, -0.1) is 0 Å². The quantitative estimate of drug-likeness (QED) is 0.772. The highest BCUT2D eigenvalue weighted by atomic mass is 16.5. The molecule has 0 spiro atoms. The lowest BCUT2D eigenvalue weighted by atomic mass is 9.72. The topological polar surface area (TPSA) is 38.5 Å². The second-order valence-electron chi connectivity index (χ2n) is 5.79. The fourth-order valence-corrected chi connectivity index (χ4v) is 3.36. The molecule has 1 aliphatic heterocycles. The predicted octanol–water partition coefficient (Wildman–Crippen LogP) is 1.33. The SMILES string of the molecule is CC1CC(C)C(CN2CCOCC2)C(N)C1. The third-order valence-corrected chi connectivity index (χ3v) is 4.30. The van der Waals surface area contributed by atoms with E-state index in [0.29, 0.717) is 12.0 Å². The number of rotatable bonds is 2. The Morgan fingerprint density at radius 1 is 1.19 bits per heavy atom. The van der Waals surface area contributed by atoms with Gasteiger partial charge in [0.25, 0.3) is 0 Å². The van der Waals surface area contributed by atoms with Crippen molar-refractivity contribution in [3.8, 4) is 0 Å². The van der Waals surface area contributed by atoms with Crippen LogP contribution in [0.25, 0.3) is 0 Å². The lowest BCUT2D eigenvalue weighted by Gasteiger charge is -2.41. The van der Waals surface area contributed by atoms with Crippen molar-refractivity contribution in [2.45, 2.75) is 32.7 Å². The van der Waals surface area contributed by atoms with Crippen LogP contribution >= 0.6 is 0 Å². The highest BCUT2D eigenvalue weighted by Gasteiger charge is 2.32. The zero-order valence-corrected chi connectivity index (χ0v) is 10.7. The second-order valence-corrected chi connectivity index (χ2v) is 5.79. The van der Waals surface area contributed by atoms with E-state index in [2.05, 4.69) is 18.7 Å². The molecule has 0 amide bonds. The number of hydrogen-bond acceptors (Lipinski definition) is 3. The van der Waals surface area contributed by atoms with Gasteiger partial charge in [-0.25, -0.2) is 0 Å². The van der Waals surface area contributed by atoms with Gasteiger partial charge in [0.1, 0.15) is 0 Å². The normalized spacial score (nSPS) is 42.2. The summed E-state index contributed by atoms with van der Waals surface area (Å²) in [5.41, 5.74) is 6.32. The Kier molecular flexibility index (Phi) is 4.22. The number of nitrogens with zero attached hydrogens (tertiary/aromatic N) is 1. The summed E-state index contributed by atoms with van der Waals surface area (Å²) in [7, 11) is 0. The number of nitrogens with two attached hydrogens (primary N) is 1. The Balaban J connectivity index is 1.86. The lowest BCUT2D eigenvalue weighted by Crippen LogP contribution is -2.49. The number of hydrogen-bond donors (Lipinski definition) is 1. The highest BCUT2D eigenvalue weighted by molar-refractivity contribution is 4.87. The largest absolute Gasteiger partial charge is 0.379 e. The highest BCUT2D eigenvalue weighted by Crippen LogP contribution is 2.33. The van der Waals surface area contributed by atoms with E-state index in [4.69, 9.17) is 10.5 Å². The van der Waals surface area contributed by atoms with Crippen LogP contribution in [0.1, 0.15) is 26.7 Å². The molecule has 94 valence electrons. The van der Waals surface area contributed by atoms with Crippen molar-refractivity contribution >= 4 is 0 Å². The molecule has 3 nitrogen and oxygen atoms in total. The minimum Gasteiger partial charge on any atom is -0.379 e. The average Bonchev–Trinajstić information content (AvgIpc) is 2.25. The molecular formula is C13H26N2O. The summed E-state index contributed by atoms with van der Waals surface area (Å²) in [6.07, 6.45) is 2.56.